The van der Waals surface area contributed by atoms with E-state index in [2.05, 4.69) is 41.4 Å². The first kappa shape index (κ1) is 22.6. The summed E-state index contributed by atoms with van der Waals surface area (Å²) in [4.78, 5) is 10.3. The average Bonchev–Trinajstić information content (AvgIpc) is 2.90. The van der Waals surface area contributed by atoms with Crippen molar-refractivity contribution in [3.63, 3.8) is 0 Å². The van der Waals surface area contributed by atoms with Crippen LogP contribution in [-0.4, -0.2) is 42.3 Å². The number of hydrogen-bond donors (Lipinski definition) is 3. The molecule has 3 N–H and O–H groups in total. The van der Waals surface area contributed by atoms with Crippen LogP contribution in [0.4, 0.5) is 0 Å². The Morgan fingerprint density at radius 3 is 2.70 bits per heavy atom. The highest BCUT2D eigenvalue weighted by Crippen LogP contribution is 2.12. The Morgan fingerprint density at radius 2 is 2.13 bits per heavy atom. The van der Waals surface area contributed by atoms with Gasteiger partial charge >= 0.3 is 0 Å². The van der Waals surface area contributed by atoms with Crippen molar-refractivity contribution in [2.45, 2.75) is 46.5 Å². The van der Waals surface area contributed by atoms with Crippen LogP contribution < -0.4 is 10.6 Å². The maximum Gasteiger partial charge on any atom is 0.191 e. The van der Waals surface area contributed by atoms with Gasteiger partial charge in [-0.25, -0.2) is 4.98 Å². The first-order valence-corrected chi connectivity index (χ1v) is 9.05. The van der Waals surface area contributed by atoms with E-state index in [1.807, 2.05) is 6.20 Å². The van der Waals surface area contributed by atoms with E-state index in [0.29, 0.717) is 5.92 Å². The second kappa shape index (κ2) is 14.0. The molecule has 0 radical (unpaired) electrons. The Labute approximate surface area is 161 Å². The van der Waals surface area contributed by atoms with Gasteiger partial charge in [0.1, 0.15) is 0 Å². The predicted molar refractivity (Wildman–Crippen MR) is 110 cm³/mol. The average molecular weight is 454 g/mol. The van der Waals surface area contributed by atoms with E-state index < -0.39 is 0 Å². The molecule has 7 heteroatoms. The minimum Gasteiger partial charge on any atom is -0.396 e. The van der Waals surface area contributed by atoms with Crippen LogP contribution in [0.2, 0.25) is 0 Å². The van der Waals surface area contributed by atoms with Crippen molar-refractivity contribution < 1.29 is 5.11 Å². The van der Waals surface area contributed by atoms with Crippen molar-refractivity contribution in [2.75, 3.05) is 26.2 Å². The molecule has 0 aromatic carbocycles. The topological polar surface area (TPSA) is 69.5 Å². The number of nitrogens with zero attached hydrogens (tertiary/aromatic N) is 2. The van der Waals surface area contributed by atoms with Crippen molar-refractivity contribution >= 4 is 41.3 Å². The number of rotatable bonds is 10. The second-order valence-corrected chi connectivity index (χ2v) is 6.75. The van der Waals surface area contributed by atoms with Crippen LogP contribution in [0.15, 0.2) is 11.2 Å². The summed E-state index contributed by atoms with van der Waals surface area (Å²) >= 11 is 1.75. The fourth-order valence-electron chi connectivity index (χ4n) is 2.28. The fraction of sp³-hybridized carbons (Fsp3) is 0.750. The van der Waals surface area contributed by atoms with E-state index in [9.17, 15) is 0 Å². The van der Waals surface area contributed by atoms with Crippen LogP contribution in [0.25, 0.3) is 0 Å². The molecule has 0 fully saturated rings. The maximum absolute atomic E-state index is 9.12. The lowest BCUT2D eigenvalue weighted by molar-refractivity contribution is 0.253. The smallest absolute Gasteiger partial charge is 0.191 e. The van der Waals surface area contributed by atoms with E-state index in [-0.39, 0.29) is 30.6 Å². The van der Waals surface area contributed by atoms with Crippen molar-refractivity contribution in [3.8, 4) is 0 Å². The van der Waals surface area contributed by atoms with Crippen LogP contribution in [-0.2, 0) is 6.42 Å². The SMILES string of the molecule is CCCC(CCO)CN=C(NCC)NCCc1ncc(C)s1.I. The molecule has 1 aromatic heterocycles. The zero-order valence-electron chi connectivity index (χ0n) is 14.5. The van der Waals surface area contributed by atoms with Gasteiger partial charge in [0.05, 0.1) is 5.01 Å². The molecule has 5 nitrogen and oxygen atoms in total. The number of aliphatic hydroxyl groups is 1. The van der Waals surface area contributed by atoms with Gasteiger partial charge in [0.2, 0.25) is 0 Å². The van der Waals surface area contributed by atoms with E-state index in [1.54, 1.807) is 11.3 Å². The summed E-state index contributed by atoms with van der Waals surface area (Å²) < 4.78 is 0. The number of halogens is 1. The third-order valence-electron chi connectivity index (χ3n) is 3.39. The normalized spacial score (nSPS) is 12.6. The molecule has 0 aliphatic heterocycles. The molecule has 0 spiro atoms. The summed E-state index contributed by atoms with van der Waals surface area (Å²) in [5.41, 5.74) is 0. The van der Waals surface area contributed by atoms with Gasteiger partial charge in [0.25, 0.3) is 0 Å². The molecule has 0 aliphatic carbocycles. The van der Waals surface area contributed by atoms with Crippen LogP contribution in [0, 0.1) is 12.8 Å². The summed E-state index contributed by atoms with van der Waals surface area (Å²) in [6, 6.07) is 0. The molecule has 23 heavy (non-hydrogen) atoms. The highest BCUT2D eigenvalue weighted by atomic mass is 127. The van der Waals surface area contributed by atoms with Crippen LogP contribution in [0.3, 0.4) is 0 Å². The van der Waals surface area contributed by atoms with E-state index in [4.69, 9.17) is 5.11 Å². The lowest BCUT2D eigenvalue weighted by Gasteiger charge is -2.15. The lowest BCUT2D eigenvalue weighted by atomic mass is 10.0. The Balaban J connectivity index is 0.00000484. The monoisotopic (exact) mass is 454 g/mol. The Morgan fingerprint density at radius 1 is 1.35 bits per heavy atom. The number of aromatic nitrogens is 1. The Kier molecular flexibility index (Phi) is 13.7. The predicted octanol–water partition coefficient (Wildman–Crippen LogP) is 2.97. The van der Waals surface area contributed by atoms with Crippen LogP contribution in [0.5, 0.6) is 0 Å². The summed E-state index contributed by atoms with van der Waals surface area (Å²) in [7, 11) is 0. The maximum atomic E-state index is 9.12. The Bertz CT molecular complexity index is 433. The summed E-state index contributed by atoms with van der Waals surface area (Å²) in [5.74, 6) is 1.32. The molecule has 0 saturated heterocycles. The van der Waals surface area contributed by atoms with Gasteiger partial charge in [-0.2, -0.15) is 0 Å². The largest absolute Gasteiger partial charge is 0.396 e. The van der Waals surface area contributed by atoms with Gasteiger partial charge in [0, 0.05) is 43.7 Å². The standard InChI is InChI=1S/C16H30N4OS.HI/c1-4-6-14(8-10-21)12-20-16(17-5-2)18-9-7-15-19-11-13(3)22-15;/h11,14,21H,4-10,12H2,1-3H3,(H2,17,18,20);1H. The third-order valence-corrected chi connectivity index (χ3v) is 4.36. The highest BCUT2D eigenvalue weighted by Gasteiger charge is 2.07. The minimum absolute atomic E-state index is 0. The third kappa shape index (κ3) is 10.1. The molecular formula is C16H31IN4OS. The van der Waals surface area contributed by atoms with Crippen LogP contribution in [0.1, 0.15) is 43.0 Å². The van der Waals surface area contributed by atoms with Gasteiger partial charge in [-0.05, 0) is 32.6 Å². The number of aliphatic hydroxyl groups excluding tert-OH is 1. The first-order chi connectivity index (χ1) is 10.7. The van der Waals surface area contributed by atoms with Gasteiger partial charge in [-0.3, -0.25) is 4.99 Å². The summed E-state index contributed by atoms with van der Waals surface area (Å²) in [6.45, 7) is 9.01. The molecule has 1 aromatic rings. The van der Waals surface area contributed by atoms with E-state index >= 15 is 0 Å². The molecular weight excluding hydrogens is 423 g/mol. The molecule has 1 heterocycles. The number of guanidine groups is 1. The lowest BCUT2D eigenvalue weighted by Crippen LogP contribution is -2.38. The van der Waals surface area contributed by atoms with E-state index in [1.165, 1.54) is 4.88 Å². The van der Waals surface area contributed by atoms with E-state index in [0.717, 1.165) is 56.3 Å². The molecule has 0 amide bonds. The van der Waals surface area contributed by atoms with Crippen LogP contribution >= 0.6 is 35.3 Å². The molecule has 1 rings (SSSR count). The van der Waals surface area contributed by atoms with Gasteiger partial charge in [0.15, 0.2) is 5.96 Å². The van der Waals surface area contributed by atoms with Gasteiger partial charge in [-0.1, -0.05) is 13.3 Å². The molecule has 0 aliphatic rings. The quantitative estimate of drug-likeness (QED) is 0.289. The zero-order chi connectivity index (χ0) is 16.2. The minimum atomic E-state index is 0. The van der Waals surface area contributed by atoms with Crippen molar-refractivity contribution in [1.29, 1.82) is 0 Å². The number of aliphatic imine (C=N–C) groups is 1. The second-order valence-electron chi connectivity index (χ2n) is 5.43. The number of thiazole rings is 1. The molecule has 134 valence electrons. The Hall–Kier alpha value is -0.410. The fourth-order valence-corrected chi connectivity index (χ4v) is 3.07. The van der Waals surface area contributed by atoms with Crippen molar-refractivity contribution in [1.82, 2.24) is 15.6 Å². The molecule has 0 saturated carbocycles. The van der Waals surface area contributed by atoms with Crippen molar-refractivity contribution in [2.24, 2.45) is 10.9 Å². The van der Waals surface area contributed by atoms with Gasteiger partial charge in [-0.15, -0.1) is 35.3 Å². The zero-order valence-corrected chi connectivity index (χ0v) is 17.6. The number of hydrogen-bond acceptors (Lipinski definition) is 4. The number of aryl methyl sites for hydroxylation is 1. The molecule has 1 unspecified atom stereocenters. The highest BCUT2D eigenvalue weighted by molar-refractivity contribution is 14.0. The van der Waals surface area contributed by atoms with Crippen molar-refractivity contribution in [3.05, 3.63) is 16.1 Å². The number of nitrogens with one attached hydrogen (secondary N) is 2. The van der Waals surface area contributed by atoms with Gasteiger partial charge < -0.3 is 15.7 Å². The molecule has 0 bridgehead atoms. The first-order valence-electron chi connectivity index (χ1n) is 8.23. The molecule has 1 atom stereocenters. The summed E-state index contributed by atoms with van der Waals surface area (Å²) in [5, 5.41) is 16.9. The summed E-state index contributed by atoms with van der Waals surface area (Å²) in [6.07, 6.45) is 5.91.